The third-order valence-electron chi connectivity index (χ3n) is 3.96. The largest absolute Gasteiger partial charge is 0.437 e. The monoisotopic (exact) mass is 386 g/mol. The normalized spacial score (nSPS) is 12.4. The molecular formula is C17H24Cl2N4O2. The van der Waals surface area contributed by atoms with Crippen LogP contribution in [0.3, 0.4) is 0 Å². The molecule has 1 unspecified atom stereocenters. The molecule has 25 heavy (non-hydrogen) atoms. The Morgan fingerprint density at radius 3 is 2.60 bits per heavy atom. The van der Waals surface area contributed by atoms with E-state index in [1.54, 1.807) is 36.7 Å². The number of nitrogens with one attached hydrogen (secondary N) is 1. The van der Waals surface area contributed by atoms with Crippen molar-refractivity contribution in [2.24, 2.45) is 11.7 Å². The summed E-state index contributed by atoms with van der Waals surface area (Å²) in [5, 5.41) is 3.00. The second-order valence-electron chi connectivity index (χ2n) is 5.90. The Morgan fingerprint density at radius 2 is 2.04 bits per heavy atom. The van der Waals surface area contributed by atoms with Gasteiger partial charge < -0.3 is 15.8 Å². The molecule has 0 aliphatic carbocycles. The van der Waals surface area contributed by atoms with E-state index in [2.05, 4.69) is 15.3 Å². The highest BCUT2D eigenvalue weighted by Gasteiger charge is 2.28. The number of ether oxygens (including phenoxy) is 1. The molecule has 1 aromatic heterocycles. The summed E-state index contributed by atoms with van der Waals surface area (Å²) >= 11 is 0. The maximum Gasteiger partial charge on any atom is 0.251 e. The Balaban J connectivity index is 0.00000288. The van der Waals surface area contributed by atoms with E-state index in [-0.39, 0.29) is 36.6 Å². The van der Waals surface area contributed by atoms with Crippen molar-refractivity contribution in [3.8, 4) is 11.6 Å². The molecule has 0 radical (unpaired) electrons. The zero-order valence-electron chi connectivity index (χ0n) is 14.4. The van der Waals surface area contributed by atoms with Gasteiger partial charge in [-0.25, -0.2) is 4.98 Å². The molecular weight excluding hydrogens is 363 g/mol. The van der Waals surface area contributed by atoms with Crippen LogP contribution in [-0.4, -0.2) is 28.0 Å². The Morgan fingerprint density at radius 1 is 1.32 bits per heavy atom. The molecule has 0 saturated heterocycles. The Hall–Kier alpha value is -1.89. The Bertz CT molecular complexity index is 671. The standard InChI is InChI=1S/C17H22N4O2.2ClH/c1-12(2)17(3,11-18)21-16(22)13-5-4-6-14(9-13)23-15-10-19-7-8-20-15;;/h4-10,12H,11,18H2,1-3H3,(H,21,22);2*1H. The number of rotatable bonds is 6. The minimum absolute atomic E-state index is 0. The smallest absolute Gasteiger partial charge is 0.251 e. The molecule has 8 heteroatoms. The van der Waals surface area contributed by atoms with Crippen molar-refractivity contribution in [3.63, 3.8) is 0 Å². The summed E-state index contributed by atoms with van der Waals surface area (Å²) in [6, 6.07) is 6.92. The van der Waals surface area contributed by atoms with Gasteiger partial charge in [0, 0.05) is 24.5 Å². The molecule has 6 nitrogen and oxygen atoms in total. The molecule has 0 spiro atoms. The zero-order chi connectivity index (χ0) is 16.9. The van der Waals surface area contributed by atoms with Crippen LogP contribution in [0, 0.1) is 5.92 Å². The second kappa shape index (κ2) is 10.2. The number of nitrogens with two attached hydrogens (primary N) is 1. The Labute approximate surface area is 160 Å². The molecule has 2 aromatic rings. The van der Waals surface area contributed by atoms with Crippen molar-refractivity contribution >= 4 is 30.7 Å². The first-order chi connectivity index (χ1) is 10.9. The van der Waals surface area contributed by atoms with Gasteiger partial charge in [0.25, 0.3) is 5.91 Å². The topological polar surface area (TPSA) is 90.1 Å². The lowest BCUT2D eigenvalue weighted by atomic mass is 9.88. The van der Waals surface area contributed by atoms with Gasteiger partial charge in [-0.05, 0) is 31.0 Å². The van der Waals surface area contributed by atoms with Crippen molar-refractivity contribution in [1.82, 2.24) is 15.3 Å². The van der Waals surface area contributed by atoms with Crippen LogP contribution in [-0.2, 0) is 0 Å². The number of hydrogen-bond donors (Lipinski definition) is 2. The number of benzene rings is 1. The van der Waals surface area contributed by atoms with Gasteiger partial charge in [0.15, 0.2) is 0 Å². The predicted molar refractivity (Wildman–Crippen MR) is 103 cm³/mol. The average Bonchev–Trinajstić information content (AvgIpc) is 2.55. The summed E-state index contributed by atoms with van der Waals surface area (Å²) < 4.78 is 5.59. The van der Waals surface area contributed by atoms with Gasteiger partial charge >= 0.3 is 0 Å². The van der Waals surface area contributed by atoms with Crippen LogP contribution < -0.4 is 15.8 Å². The van der Waals surface area contributed by atoms with Gasteiger partial charge in [-0.2, -0.15) is 0 Å². The fraction of sp³-hybridized carbons (Fsp3) is 0.353. The third-order valence-corrected chi connectivity index (χ3v) is 3.96. The van der Waals surface area contributed by atoms with Crippen LogP contribution >= 0.6 is 24.8 Å². The SMILES string of the molecule is CC(C)C(C)(CN)NC(=O)c1cccc(Oc2cnccn2)c1.Cl.Cl. The van der Waals surface area contributed by atoms with E-state index >= 15 is 0 Å². The van der Waals surface area contributed by atoms with E-state index in [0.717, 1.165) is 0 Å². The van der Waals surface area contributed by atoms with Crippen LogP contribution in [0.15, 0.2) is 42.9 Å². The third kappa shape index (κ3) is 6.16. The summed E-state index contributed by atoms with van der Waals surface area (Å²) in [5.41, 5.74) is 5.86. The number of nitrogens with zero attached hydrogens (tertiary/aromatic N) is 2. The first-order valence-electron chi connectivity index (χ1n) is 7.51. The van der Waals surface area contributed by atoms with Crippen molar-refractivity contribution in [3.05, 3.63) is 48.4 Å². The molecule has 0 fully saturated rings. The molecule has 1 heterocycles. The molecule has 0 bridgehead atoms. The summed E-state index contributed by atoms with van der Waals surface area (Å²) in [7, 11) is 0. The second-order valence-corrected chi connectivity index (χ2v) is 5.90. The van der Waals surface area contributed by atoms with Crippen LogP contribution in [0.1, 0.15) is 31.1 Å². The zero-order valence-corrected chi connectivity index (χ0v) is 16.1. The van der Waals surface area contributed by atoms with Gasteiger partial charge in [0.2, 0.25) is 5.88 Å². The predicted octanol–water partition coefficient (Wildman–Crippen LogP) is 3.22. The van der Waals surface area contributed by atoms with Gasteiger partial charge in [-0.3, -0.25) is 9.78 Å². The Kier molecular flexibility index (Phi) is 9.41. The van der Waals surface area contributed by atoms with Crippen LogP contribution in [0.2, 0.25) is 0 Å². The molecule has 2 rings (SSSR count). The summed E-state index contributed by atoms with van der Waals surface area (Å²) in [6.45, 7) is 6.36. The van der Waals surface area contributed by atoms with E-state index in [4.69, 9.17) is 10.5 Å². The van der Waals surface area contributed by atoms with Gasteiger partial charge in [-0.15, -0.1) is 24.8 Å². The summed E-state index contributed by atoms with van der Waals surface area (Å²) in [4.78, 5) is 20.5. The summed E-state index contributed by atoms with van der Waals surface area (Å²) in [6.07, 6.45) is 4.62. The lowest BCUT2D eigenvalue weighted by molar-refractivity contribution is 0.0883. The molecule has 1 amide bonds. The van der Waals surface area contributed by atoms with Crippen LogP contribution in [0.5, 0.6) is 11.6 Å². The molecule has 1 atom stereocenters. The van der Waals surface area contributed by atoms with E-state index in [1.807, 2.05) is 20.8 Å². The first-order valence-corrected chi connectivity index (χ1v) is 7.51. The number of aromatic nitrogens is 2. The quantitative estimate of drug-likeness (QED) is 0.794. The number of halogens is 2. The maximum absolute atomic E-state index is 12.5. The van der Waals surface area contributed by atoms with Gasteiger partial charge in [0.1, 0.15) is 5.75 Å². The fourth-order valence-electron chi connectivity index (χ4n) is 1.92. The molecule has 3 N–H and O–H groups in total. The highest BCUT2D eigenvalue weighted by atomic mass is 35.5. The van der Waals surface area contributed by atoms with E-state index < -0.39 is 5.54 Å². The molecule has 0 saturated carbocycles. The number of amides is 1. The number of hydrogen-bond acceptors (Lipinski definition) is 5. The minimum Gasteiger partial charge on any atom is -0.437 e. The first kappa shape index (κ1) is 23.1. The van der Waals surface area contributed by atoms with Crippen molar-refractivity contribution in [2.75, 3.05) is 6.54 Å². The average molecular weight is 387 g/mol. The van der Waals surface area contributed by atoms with Crippen molar-refractivity contribution in [2.45, 2.75) is 26.3 Å². The summed E-state index contributed by atoms with van der Waals surface area (Å²) in [5.74, 6) is 0.933. The van der Waals surface area contributed by atoms with Crippen molar-refractivity contribution < 1.29 is 9.53 Å². The molecule has 1 aromatic carbocycles. The van der Waals surface area contributed by atoms with Crippen molar-refractivity contribution in [1.29, 1.82) is 0 Å². The van der Waals surface area contributed by atoms with Gasteiger partial charge in [-0.1, -0.05) is 19.9 Å². The lowest BCUT2D eigenvalue weighted by Crippen LogP contribution is -2.55. The minimum atomic E-state index is -0.459. The van der Waals surface area contributed by atoms with E-state index in [0.29, 0.717) is 23.7 Å². The maximum atomic E-state index is 12.5. The molecule has 138 valence electrons. The highest BCUT2D eigenvalue weighted by molar-refractivity contribution is 5.95. The van der Waals surface area contributed by atoms with E-state index in [1.165, 1.54) is 6.20 Å². The fourth-order valence-corrected chi connectivity index (χ4v) is 1.92. The lowest BCUT2D eigenvalue weighted by Gasteiger charge is -2.33. The molecule has 0 aliphatic rings. The molecule has 0 aliphatic heterocycles. The highest BCUT2D eigenvalue weighted by Crippen LogP contribution is 2.21. The van der Waals surface area contributed by atoms with Crippen LogP contribution in [0.25, 0.3) is 0 Å². The van der Waals surface area contributed by atoms with Gasteiger partial charge in [0.05, 0.1) is 11.7 Å². The number of carbonyl (C=O) groups excluding carboxylic acids is 1. The van der Waals surface area contributed by atoms with E-state index in [9.17, 15) is 4.79 Å². The number of carbonyl (C=O) groups is 1. The van der Waals surface area contributed by atoms with Crippen LogP contribution in [0.4, 0.5) is 0 Å².